The Labute approximate surface area is 129 Å². The van der Waals surface area contributed by atoms with E-state index in [1.54, 1.807) is 12.1 Å². The van der Waals surface area contributed by atoms with Gasteiger partial charge in [-0.3, -0.25) is 0 Å². The van der Waals surface area contributed by atoms with E-state index in [0.29, 0.717) is 11.5 Å². The Morgan fingerprint density at radius 2 is 2.23 bits per heavy atom. The second-order valence-electron chi connectivity index (χ2n) is 6.02. The molecule has 1 aliphatic rings. The van der Waals surface area contributed by atoms with Gasteiger partial charge >= 0.3 is 6.03 Å². The molecular weight excluding hydrogens is 287 g/mol. The molecule has 0 saturated heterocycles. The average molecular weight is 310 g/mol. The largest absolute Gasteiger partial charge is 0.394 e. The second kappa shape index (κ2) is 7.07. The fourth-order valence-electron chi connectivity index (χ4n) is 2.48. The van der Waals surface area contributed by atoms with E-state index in [-0.39, 0.29) is 31.6 Å². The maximum Gasteiger partial charge on any atom is 0.315 e. The summed E-state index contributed by atoms with van der Waals surface area (Å²) >= 11 is 0. The molecule has 1 aliphatic carbocycles. The number of ether oxygens (including phenoxy) is 1. The quantitative estimate of drug-likeness (QED) is 0.721. The van der Waals surface area contributed by atoms with Crippen molar-refractivity contribution in [2.45, 2.75) is 38.5 Å². The number of rotatable bonds is 7. The summed E-state index contributed by atoms with van der Waals surface area (Å²) in [5, 5.41) is 15.0. The standard InChI is InChI=1S/C16H23FN2O3/c1-16(10-20,13-4-5-13)19-15(21)18-8-11-3-6-14(17)12(7-11)9-22-2/h3,6-7,13,20H,4-5,8-10H2,1-2H3,(H2,18,19,21). The highest BCUT2D eigenvalue weighted by molar-refractivity contribution is 5.74. The van der Waals surface area contributed by atoms with Crippen molar-refractivity contribution in [3.8, 4) is 0 Å². The van der Waals surface area contributed by atoms with Crippen LogP contribution in [0.2, 0.25) is 0 Å². The first-order chi connectivity index (χ1) is 10.5. The number of methoxy groups -OCH3 is 1. The minimum absolute atomic E-state index is 0.0837. The summed E-state index contributed by atoms with van der Waals surface area (Å²) in [6.07, 6.45) is 2.05. The molecule has 1 aromatic carbocycles. The molecule has 3 N–H and O–H groups in total. The van der Waals surface area contributed by atoms with Crippen LogP contribution in [-0.4, -0.2) is 30.4 Å². The predicted molar refractivity (Wildman–Crippen MR) is 80.7 cm³/mol. The van der Waals surface area contributed by atoms with Crippen LogP contribution < -0.4 is 10.6 Å². The Morgan fingerprint density at radius 3 is 2.82 bits per heavy atom. The van der Waals surface area contributed by atoms with Crippen LogP contribution in [0, 0.1) is 11.7 Å². The summed E-state index contributed by atoms with van der Waals surface area (Å²) in [6, 6.07) is 4.33. The van der Waals surface area contributed by atoms with Crippen molar-refractivity contribution < 1.29 is 19.0 Å². The Morgan fingerprint density at radius 1 is 1.50 bits per heavy atom. The zero-order chi connectivity index (χ0) is 16.2. The first-order valence-corrected chi connectivity index (χ1v) is 7.41. The zero-order valence-corrected chi connectivity index (χ0v) is 13.0. The summed E-state index contributed by atoms with van der Waals surface area (Å²) in [4.78, 5) is 12.0. The van der Waals surface area contributed by atoms with E-state index in [4.69, 9.17) is 4.74 Å². The highest BCUT2D eigenvalue weighted by atomic mass is 19.1. The lowest BCUT2D eigenvalue weighted by Gasteiger charge is -2.28. The van der Waals surface area contributed by atoms with Crippen LogP contribution in [0.25, 0.3) is 0 Å². The van der Waals surface area contributed by atoms with Gasteiger partial charge in [0.2, 0.25) is 0 Å². The number of hydrogen-bond donors (Lipinski definition) is 3. The minimum atomic E-state index is -0.575. The van der Waals surface area contributed by atoms with Gasteiger partial charge in [-0.1, -0.05) is 6.07 Å². The highest BCUT2D eigenvalue weighted by Gasteiger charge is 2.42. The molecule has 2 amide bonds. The number of hydrogen-bond acceptors (Lipinski definition) is 3. The van der Waals surface area contributed by atoms with Gasteiger partial charge in [-0.25, -0.2) is 9.18 Å². The van der Waals surface area contributed by atoms with Crippen LogP contribution in [0.1, 0.15) is 30.9 Å². The van der Waals surface area contributed by atoms with E-state index < -0.39 is 5.54 Å². The number of nitrogens with one attached hydrogen (secondary N) is 2. The Hall–Kier alpha value is -1.66. The van der Waals surface area contributed by atoms with Crippen molar-refractivity contribution in [1.29, 1.82) is 0 Å². The molecule has 6 heteroatoms. The van der Waals surface area contributed by atoms with E-state index in [2.05, 4.69) is 10.6 Å². The molecule has 0 radical (unpaired) electrons. The molecule has 1 atom stereocenters. The molecule has 0 bridgehead atoms. The number of aliphatic hydroxyl groups is 1. The zero-order valence-electron chi connectivity index (χ0n) is 13.0. The maximum absolute atomic E-state index is 13.5. The van der Waals surface area contributed by atoms with E-state index in [0.717, 1.165) is 18.4 Å². The van der Waals surface area contributed by atoms with Gasteiger partial charge in [0.25, 0.3) is 0 Å². The molecule has 2 rings (SSSR count). The molecule has 1 fully saturated rings. The molecule has 0 spiro atoms. The maximum atomic E-state index is 13.5. The Kier molecular flexibility index (Phi) is 5.37. The number of urea groups is 1. The van der Waals surface area contributed by atoms with Crippen molar-refractivity contribution in [3.63, 3.8) is 0 Å². The summed E-state index contributed by atoms with van der Waals surface area (Å²) in [5.74, 6) is 0.0130. The van der Waals surface area contributed by atoms with E-state index in [1.807, 2.05) is 6.92 Å². The Bertz CT molecular complexity index is 534. The fourth-order valence-corrected chi connectivity index (χ4v) is 2.48. The van der Waals surface area contributed by atoms with Gasteiger partial charge in [0, 0.05) is 19.2 Å². The summed E-state index contributed by atoms with van der Waals surface area (Å²) in [6.45, 7) is 2.24. The highest BCUT2D eigenvalue weighted by Crippen LogP contribution is 2.39. The summed E-state index contributed by atoms with van der Waals surface area (Å²) < 4.78 is 18.4. The van der Waals surface area contributed by atoms with Gasteiger partial charge in [-0.2, -0.15) is 0 Å². The van der Waals surface area contributed by atoms with E-state index in [1.165, 1.54) is 13.2 Å². The molecule has 0 heterocycles. The Balaban J connectivity index is 1.89. The molecular formula is C16H23FN2O3. The van der Waals surface area contributed by atoms with Crippen molar-refractivity contribution >= 4 is 6.03 Å². The molecule has 122 valence electrons. The lowest BCUT2D eigenvalue weighted by Crippen LogP contribution is -2.53. The number of benzene rings is 1. The number of halogens is 1. The third-order valence-corrected chi connectivity index (χ3v) is 4.07. The van der Waals surface area contributed by atoms with E-state index >= 15 is 0 Å². The minimum Gasteiger partial charge on any atom is -0.394 e. The van der Waals surface area contributed by atoms with Crippen molar-refractivity contribution in [2.24, 2.45) is 5.92 Å². The van der Waals surface area contributed by atoms with E-state index in [9.17, 15) is 14.3 Å². The summed E-state index contributed by atoms with van der Waals surface area (Å²) in [7, 11) is 1.51. The SMILES string of the molecule is COCc1cc(CNC(=O)NC(C)(CO)C2CC2)ccc1F. The number of amides is 2. The van der Waals surface area contributed by atoms with Crippen molar-refractivity contribution in [2.75, 3.05) is 13.7 Å². The first kappa shape index (κ1) is 16.7. The molecule has 22 heavy (non-hydrogen) atoms. The van der Waals surface area contributed by atoms with Gasteiger partial charge in [-0.05, 0) is 43.4 Å². The van der Waals surface area contributed by atoms with Gasteiger partial charge in [-0.15, -0.1) is 0 Å². The molecule has 0 aromatic heterocycles. The lowest BCUT2D eigenvalue weighted by molar-refractivity contribution is 0.155. The monoisotopic (exact) mass is 310 g/mol. The predicted octanol–water partition coefficient (Wildman–Crippen LogP) is 1.93. The molecule has 0 aliphatic heterocycles. The van der Waals surface area contributed by atoms with Crippen LogP contribution in [-0.2, 0) is 17.9 Å². The van der Waals surface area contributed by atoms with Gasteiger partial charge < -0.3 is 20.5 Å². The van der Waals surface area contributed by atoms with Crippen LogP contribution in [0.5, 0.6) is 0 Å². The van der Waals surface area contributed by atoms with Crippen molar-refractivity contribution in [1.82, 2.24) is 10.6 Å². The number of carbonyl (C=O) groups is 1. The normalized spacial score (nSPS) is 16.9. The number of carbonyl (C=O) groups excluding carboxylic acids is 1. The third kappa shape index (κ3) is 4.18. The second-order valence-corrected chi connectivity index (χ2v) is 6.02. The van der Waals surface area contributed by atoms with Crippen molar-refractivity contribution in [3.05, 3.63) is 35.1 Å². The first-order valence-electron chi connectivity index (χ1n) is 7.41. The smallest absolute Gasteiger partial charge is 0.315 e. The fraction of sp³-hybridized carbons (Fsp3) is 0.562. The summed E-state index contributed by atoms with van der Waals surface area (Å²) in [5.41, 5.74) is 0.676. The topological polar surface area (TPSA) is 70.6 Å². The molecule has 1 unspecified atom stereocenters. The molecule has 1 saturated carbocycles. The van der Waals surface area contributed by atoms with Crippen LogP contribution in [0.3, 0.4) is 0 Å². The van der Waals surface area contributed by atoms with Crippen LogP contribution in [0.4, 0.5) is 9.18 Å². The molecule has 1 aromatic rings. The number of aliphatic hydroxyl groups excluding tert-OH is 1. The van der Waals surface area contributed by atoms with Gasteiger partial charge in [0.15, 0.2) is 0 Å². The lowest BCUT2D eigenvalue weighted by atomic mass is 9.97. The van der Waals surface area contributed by atoms with Gasteiger partial charge in [0.1, 0.15) is 5.82 Å². The van der Waals surface area contributed by atoms with Crippen LogP contribution >= 0.6 is 0 Å². The third-order valence-electron chi connectivity index (χ3n) is 4.07. The van der Waals surface area contributed by atoms with Gasteiger partial charge in [0.05, 0.1) is 18.8 Å². The average Bonchev–Trinajstić information content (AvgIpc) is 3.33. The van der Waals surface area contributed by atoms with Crippen LogP contribution in [0.15, 0.2) is 18.2 Å². The molecule has 5 nitrogen and oxygen atoms in total.